The summed E-state index contributed by atoms with van der Waals surface area (Å²) >= 11 is 13.5. The first kappa shape index (κ1) is 12.5. The van der Waals surface area contributed by atoms with Gasteiger partial charge in [-0.05, 0) is 17.7 Å². The van der Waals surface area contributed by atoms with E-state index in [0.717, 1.165) is 5.56 Å². The summed E-state index contributed by atoms with van der Waals surface area (Å²) in [5.74, 6) is 0.566. The molecular formula is C10H9Cl2N3OS. The SMILES string of the molecule is Cn1[nH]c(=O)nc1SCc1c(Cl)cccc1Cl. The van der Waals surface area contributed by atoms with Gasteiger partial charge in [0.25, 0.3) is 0 Å². The van der Waals surface area contributed by atoms with Crippen LogP contribution in [0.4, 0.5) is 0 Å². The van der Waals surface area contributed by atoms with Gasteiger partial charge in [0.2, 0.25) is 0 Å². The van der Waals surface area contributed by atoms with Crippen molar-refractivity contribution in [3.05, 3.63) is 44.3 Å². The number of nitrogens with one attached hydrogen (secondary N) is 1. The minimum Gasteiger partial charge on any atom is -0.264 e. The Balaban J connectivity index is 2.18. The zero-order valence-electron chi connectivity index (χ0n) is 8.91. The van der Waals surface area contributed by atoms with Crippen molar-refractivity contribution in [2.75, 3.05) is 0 Å². The van der Waals surface area contributed by atoms with E-state index >= 15 is 0 Å². The van der Waals surface area contributed by atoms with Crippen LogP contribution in [0.3, 0.4) is 0 Å². The average Bonchev–Trinajstić information content (AvgIpc) is 2.57. The molecule has 1 aromatic carbocycles. The Kier molecular flexibility index (Phi) is 3.81. The fraction of sp³-hybridized carbons (Fsp3) is 0.200. The van der Waals surface area contributed by atoms with E-state index in [1.54, 1.807) is 29.9 Å². The van der Waals surface area contributed by atoms with Crippen LogP contribution in [-0.2, 0) is 12.8 Å². The van der Waals surface area contributed by atoms with E-state index in [9.17, 15) is 4.79 Å². The lowest BCUT2D eigenvalue weighted by atomic mass is 10.2. The lowest BCUT2D eigenvalue weighted by molar-refractivity contribution is 0.682. The summed E-state index contributed by atoms with van der Waals surface area (Å²) in [7, 11) is 1.73. The molecule has 0 bridgehead atoms. The Morgan fingerprint density at radius 1 is 1.41 bits per heavy atom. The zero-order valence-corrected chi connectivity index (χ0v) is 11.2. The molecule has 0 aliphatic rings. The molecule has 90 valence electrons. The maximum Gasteiger partial charge on any atom is 0.362 e. The van der Waals surface area contributed by atoms with Gasteiger partial charge in [-0.15, -0.1) is 0 Å². The van der Waals surface area contributed by atoms with Crippen LogP contribution < -0.4 is 5.69 Å². The number of hydrogen-bond donors (Lipinski definition) is 1. The molecule has 1 heterocycles. The summed E-state index contributed by atoms with van der Waals surface area (Å²) in [6.45, 7) is 0. The lowest BCUT2D eigenvalue weighted by Crippen LogP contribution is -2.03. The highest BCUT2D eigenvalue weighted by molar-refractivity contribution is 7.98. The average molecular weight is 290 g/mol. The second kappa shape index (κ2) is 5.16. The first-order valence-corrected chi connectivity index (χ1v) is 6.51. The van der Waals surface area contributed by atoms with Gasteiger partial charge in [-0.25, -0.2) is 9.89 Å². The van der Waals surface area contributed by atoms with Gasteiger partial charge in [-0.2, -0.15) is 4.98 Å². The number of aromatic amines is 1. The van der Waals surface area contributed by atoms with Crippen molar-refractivity contribution in [1.29, 1.82) is 0 Å². The van der Waals surface area contributed by atoms with Crippen LogP contribution in [0.25, 0.3) is 0 Å². The van der Waals surface area contributed by atoms with Crippen molar-refractivity contribution in [1.82, 2.24) is 14.8 Å². The zero-order chi connectivity index (χ0) is 12.4. The first-order chi connectivity index (χ1) is 8.08. The van der Waals surface area contributed by atoms with E-state index in [2.05, 4.69) is 10.1 Å². The van der Waals surface area contributed by atoms with E-state index < -0.39 is 0 Å². The van der Waals surface area contributed by atoms with Crippen molar-refractivity contribution in [2.24, 2.45) is 7.05 Å². The van der Waals surface area contributed by atoms with Crippen LogP contribution >= 0.6 is 35.0 Å². The molecule has 0 saturated heterocycles. The van der Waals surface area contributed by atoms with E-state index in [1.807, 2.05) is 0 Å². The number of halogens is 2. The molecule has 7 heteroatoms. The topological polar surface area (TPSA) is 50.7 Å². The van der Waals surface area contributed by atoms with Gasteiger partial charge in [-0.1, -0.05) is 41.0 Å². The molecule has 4 nitrogen and oxygen atoms in total. The minimum atomic E-state index is -0.361. The summed E-state index contributed by atoms with van der Waals surface area (Å²) in [6.07, 6.45) is 0. The van der Waals surface area contributed by atoms with Crippen LogP contribution in [0.5, 0.6) is 0 Å². The van der Waals surface area contributed by atoms with Crippen LogP contribution in [0.1, 0.15) is 5.56 Å². The van der Waals surface area contributed by atoms with E-state index in [4.69, 9.17) is 23.2 Å². The summed E-state index contributed by atoms with van der Waals surface area (Å²) in [4.78, 5) is 14.8. The Hall–Kier alpha value is -0.910. The van der Waals surface area contributed by atoms with Crippen LogP contribution in [0.15, 0.2) is 28.2 Å². The number of hydrogen-bond acceptors (Lipinski definition) is 3. The Bertz CT molecular complexity index is 573. The molecule has 0 atom stereocenters. The highest BCUT2D eigenvalue weighted by Crippen LogP contribution is 2.30. The third-order valence-corrected chi connectivity index (χ3v) is 3.92. The molecule has 0 unspecified atom stereocenters. The van der Waals surface area contributed by atoms with Crippen LogP contribution in [0.2, 0.25) is 10.0 Å². The van der Waals surface area contributed by atoms with Crippen molar-refractivity contribution in [2.45, 2.75) is 10.9 Å². The predicted octanol–water partition coefficient (Wildman–Crippen LogP) is 2.71. The van der Waals surface area contributed by atoms with Gasteiger partial charge >= 0.3 is 5.69 Å². The quantitative estimate of drug-likeness (QED) is 0.884. The molecule has 0 radical (unpaired) electrons. The molecule has 1 N–H and O–H groups in total. The van der Waals surface area contributed by atoms with E-state index in [0.29, 0.717) is 21.0 Å². The third kappa shape index (κ3) is 2.86. The number of thioether (sulfide) groups is 1. The van der Waals surface area contributed by atoms with E-state index in [1.165, 1.54) is 11.8 Å². The van der Waals surface area contributed by atoms with Gasteiger partial charge < -0.3 is 0 Å². The van der Waals surface area contributed by atoms with Crippen molar-refractivity contribution in [3.8, 4) is 0 Å². The standard InChI is InChI=1S/C10H9Cl2N3OS/c1-15-10(13-9(16)14-15)17-5-6-7(11)3-2-4-8(6)12/h2-4H,5H2,1H3,(H,14,16). The molecule has 2 aromatic rings. The van der Waals surface area contributed by atoms with Gasteiger partial charge in [-0.3, -0.25) is 4.68 Å². The third-order valence-electron chi connectivity index (χ3n) is 2.15. The second-order valence-corrected chi connectivity index (χ2v) is 5.12. The Morgan fingerprint density at radius 2 is 2.06 bits per heavy atom. The number of aromatic nitrogens is 3. The highest BCUT2D eigenvalue weighted by atomic mass is 35.5. The van der Waals surface area contributed by atoms with Gasteiger partial charge in [0.15, 0.2) is 5.16 Å². The molecule has 0 spiro atoms. The molecular weight excluding hydrogens is 281 g/mol. The maximum atomic E-state index is 11.0. The van der Waals surface area contributed by atoms with Crippen LogP contribution in [0, 0.1) is 0 Å². The summed E-state index contributed by atoms with van der Waals surface area (Å²) < 4.78 is 1.57. The monoisotopic (exact) mass is 289 g/mol. The molecule has 0 amide bonds. The molecule has 0 fully saturated rings. The summed E-state index contributed by atoms with van der Waals surface area (Å²) in [6, 6.07) is 5.36. The Labute approximate surface area is 112 Å². The number of H-pyrrole nitrogens is 1. The fourth-order valence-electron chi connectivity index (χ4n) is 1.31. The molecule has 0 aliphatic heterocycles. The molecule has 17 heavy (non-hydrogen) atoms. The number of benzene rings is 1. The highest BCUT2D eigenvalue weighted by Gasteiger charge is 2.09. The molecule has 1 aromatic heterocycles. The second-order valence-electron chi connectivity index (χ2n) is 3.36. The van der Waals surface area contributed by atoms with Gasteiger partial charge in [0, 0.05) is 22.8 Å². The van der Waals surface area contributed by atoms with Crippen molar-refractivity contribution in [3.63, 3.8) is 0 Å². The van der Waals surface area contributed by atoms with Crippen LogP contribution in [-0.4, -0.2) is 14.8 Å². The lowest BCUT2D eigenvalue weighted by Gasteiger charge is -2.05. The largest absolute Gasteiger partial charge is 0.362 e. The minimum absolute atomic E-state index is 0.361. The van der Waals surface area contributed by atoms with Crippen molar-refractivity contribution < 1.29 is 0 Å². The number of aryl methyl sites for hydroxylation is 1. The van der Waals surface area contributed by atoms with Gasteiger partial charge in [0.1, 0.15) is 0 Å². The summed E-state index contributed by atoms with van der Waals surface area (Å²) in [5, 5.41) is 4.37. The smallest absolute Gasteiger partial charge is 0.264 e. The molecule has 2 rings (SSSR count). The molecule has 0 aliphatic carbocycles. The van der Waals surface area contributed by atoms with E-state index in [-0.39, 0.29) is 5.69 Å². The first-order valence-electron chi connectivity index (χ1n) is 4.76. The number of nitrogens with zero attached hydrogens (tertiary/aromatic N) is 2. The maximum absolute atomic E-state index is 11.0. The van der Waals surface area contributed by atoms with Gasteiger partial charge in [0.05, 0.1) is 0 Å². The predicted molar refractivity (Wildman–Crippen MR) is 69.9 cm³/mol. The fourth-order valence-corrected chi connectivity index (χ4v) is 2.97. The number of rotatable bonds is 3. The Morgan fingerprint density at radius 3 is 2.59 bits per heavy atom. The normalized spacial score (nSPS) is 10.8. The van der Waals surface area contributed by atoms with Crippen molar-refractivity contribution >= 4 is 35.0 Å². The molecule has 0 saturated carbocycles. The summed E-state index contributed by atoms with van der Waals surface area (Å²) in [5.41, 5.74) is 0.483.